The van der Waals surface area contributed by atoms with Crippen molar-refractivity contribution in [3.8, 4) is 0 Å². The van der Waals surface area contributed by atoms with E-state index in [2.05, 4.69) is 24.9 Å². The first-order valence-corrected chi connectivity index (χ1v) is 9.72. The lowest BCUT2D eigenvalue weighted by Crippen LogP contribution is -2.29. The molecule has 1 atom stereocenters. The Hall–Kier alpha value is -2.93. The number of aryl methyl sites for hydroxylation is 1. The number of fused-ring (bicyclic) bond motifs is 1. The first kappa shape index (κ1) is 20.8. The van der Waals surface area contributed by atoms with Gasteiger partial charge in [0.1, 0.15) is 5.84 Å². The maximum absolute atomic E-state index is 8.60. The summed E-state index contributed by atoms with van der Waals surface area (Å²) in [5.74, 6) is 0.284. The van der Waals surface area contributed by atoms with Crippen molar-refractivity contribution in [1.29, 1.82) is 5.41 Å². The smallest absolute Gasteiger partial charge is 0.251 e. The number of hydrogen-bond donors (Lipinski definition) is 2. The van der Waals surface area contributed by atoms with Crippen LogP contribution in [0.25, 0.3) is 0 Å². The molecule has 7 nitrogen and oxygen atoms in total. The molecule has 2 aromatic rings. The summed E-state index contributed by atoms with van der Waals surface area (Å²) in [6, 6.07) is 7.52. The third-order valence-corrected chi connectivity index (χ3v) is 5.23. The maximum Gasteiger partial charge on any atom is 0.251 e. The summed E-state index contributed by atoms with van der Waals surface area (Å²) in [5, 5.41) is 9.20. The van der Waals surface area contributed by atoms with Gasteiger partial charge in [0.15, 0.2) is 0 Å². The molecule has 150 valence electrons. The number of benzene rings is 1. The molecule has 3 N–H and O–H groups in total. The van der Waals surface area contributed by atoms with Crippen molar-refractivity contribution in [1.82, 2.24) is 9.97 Å². The van der Waals surface area contributed by atoms with Crippen LogP contribution in [0.15, 0.2) is 45.4 Å². The van der Waals surface area contributed by atoms with Gasteiger partial charge in [-0.3, -0.25) is 9.98 Å². The molecule has 29 heavy (non-hydrogen) atoms. The summed E-state index contributed by atoms with van der Waals surface area (Å²) in [6.07, 6.45) is 3.57. The Morgan fingerprint density at radius 2 is 2.00 bits per heavy atom. The molecule has 0 saturated heterocycles. The van der Waals surface area contributed by atoms with E-state index in [0.717, 1.165) is 28.2 Å². The molecule has 0 bridgehead atoms. The Bertz CT molecular complexity index is 1020. The zero-order valence-electron chi connectivity index (χ0n) is 16.8. The molecule has 1 heterocycles. The molecule has 0 radical (unpaired) electrons. The van der Waals surface area contributed by atoms with Crippen LogP contribution in [0.1, 0.15) is 42.5 Å². The zero-order chi connectivity index (χ0) is 21.0. The zero-order valence-corrected chi connectivity index (χ0v) is 17.5. The molecule has 3 rings (SSSR count). The lowest BCUT2D eigenvalue weighted by atomic mass is 9.80. The van der Waals surface area contributed by atoms with Crippen molar-refractivity contribution in [3.63, 3.8) is 0 Å². The van der Waals surface area contributed by atoms with Gasteiger partial charge in [-0.05, 0) is 31.4 Å². The highest BCUT2D eigenvalue weighted by molar-refractivity contribution is 6.35. The fourth-order valence-electron chi connectivity index (χ4n) is 3.36. The summed E-state index contributed by atoms with van der Waals surface area (Å²) in [5.41, 5.74) is 10.7. The van der Waals surface area contributed by atoms with Crippen molar-refractivity contribution >= 4 is 40.5 Å². The fourth-order valence-corrected chi connectivity index (χ4v) is 3.60. The van der Waals surface area contributed by atoms with E-state index in [9.17, 15) is 0 Å². The van der Waals surface area contributed by atoms with Crippen molar-refractivity contribution in [2.24, 2.45) is 20.7 Å². The summed E-state index contributed by atoms with van der Waals surface area (Å²) >= 11 is 6.42. The fraction of sp³-hybridized carbons (Fsp3) is 0.333. The summed E-state index contributed by atoms with van der Waals surface area (Å²) in [7, 11) is 3.43. The van der Waals surface area contributed by atoms with Crippen LogP contribution in [-0.2, 0) is 6.42 Å². The minimum atomic E-state index is -0.388. The van der Waals surface area contributed by atoms with Gasteiger partial charge in [0.05, 0.1) is 17.3 Å². The Morgan fingerprint density at radius 3 is 2.69 bits per heavy atom. The summed E-state index contributed by atoms with van der Waals surface area (Å²) in [4.78, 5) is 21.9. The molecule has 1 aromatic carbocycles. The van der Waals surface area contributed by atoms with Gasteiger partial charge in [0.2, 0.25) is 0 Å². The predicted octanol–water partition coefficient (Wildman–Crippen LogP) is 3.77. The monoisotopic (exact) mass is 409 g/mol. The van der Waals surface area contributed by atoms with Crippen molar-refractivity contribution in [2.75, 3.05) is 14.1 Å². The predicted molar refractivity (Wildman–Crippen MR) is 120 cm³/mol. The Balaban J connectivity index is 2.05. The average molecular weight is 410 g/mol. The molecule has 1 aliphatic rings. The van der Waals surface area contributed by atoms with Crippen LogP contribution in [0.4, 0.5) is 5.95 Å². The van der Waals surface area contributed by atoms with Gasteiger partial charge >= 0.3 is 0 Å². The topological polar surface area (TPSA) is 113 Å². The molecule has 0 aliphatic heterocycles. The average Bonchev–Trinajstić information content (AvgIpc) is 2.71. The number of rotatable bonds is 5. The van der Waals surface area contributed by atoms with Gasteiger partial charge in [-0.15, -0.1) is 0 Å². The summed E-state index contributed by atoms with van der Waals surface area (Å²) in [6.45, 7) is 1.89. The highest BCUT2D eigenvalue weighted by Crippen LogP contribution is 2.33. The van der Waals surface area contributed by atoms with Gasteiger partial charge in [-0.25, -0.2) is 9.97 Å². The first-order chi connectivity index (χ1) is 13.9. The first-order valence-electron chi connectivity index (χ1n) is 9.34. The van der Waals surface area contributed by atoms with Crippen LogP contribution < -0.4 is 5.73 Å². The van der Waals surface area contributed by atoms with Crippen LogP contribution in [0.2, 0.25) is 5.02 Å². The molecule has 0 saturated carbocycles. The van der Waals surface area contributed by atoms with Crippen LogP contribution in [0.5, 0.6) is 0 Å². The van der Waals surface area contributed by atoms with Crippen LogP contribution in [-0.4, -0.2) is 47.0 Å². The molecule has 0 amide bonds. The maximum atomic E-state index is 8.60. The minimum absolute atomic E-state index is 0.277. The van der Waals surface area contributed by atoms with Crippen molar-refractivity contribution in [2.45, 2.75) is 32.1 Å². The Labute approximate surface area is 175 Å². The Kier molecular flexibility index (Phi) is 6.49. The number of aromatic nitrogens is 2. The van der Waals surface area contributed by atoms with Gasteiger partial charge in [0, 0.05) is 48.7 Å². The van der Waals surface area contributed by atoms with E-state index in [0.29, 0.717) is 35.8 Å². The second kappa shape index (κ2) is 9.05. The number of halogens is 1. The van der Waals surface area contributed by atoms with Crippen molar-refractivity contribution in [3.05, 3.63) is 52.3 Å². The molecule has 1 aliphatic carbocycles. The molecular formula is C21H24ClN7. The molecule has 1 unspecified atom stereocenters. The molecular weight excluding hydrogens is 386 g/mol. The van der Waals surface area contributed by atoms with Gasteiger partial charge < -0.3 is 11.1 Å². The molecule has 0 fully saturated rings. The van der Waals surface area contributed by atoms with E-state index in [4.69, 9.17) is 22.7 Å². The van der Waals surface area contributed by atoms with Gasteiger partial charge in [0.25, 0.3) is 5.95 Å². The second-order valence-corrected chi connectivity index (χ2v) is 7.27. The summed E-state index contributed by atoms with van der Waals surface area (Å²) < 4.78 is 0. The Morgan fingerprint density at radius 1 is 1.24 bits per heavy atom. The van der Waals surface area contributed by atoms with Crippen LogP contribution in [0, 0.1) is 5.41 Å². The number of nitrogens with two attached hydrogens (primary N) is 1. The number of nitrogens with one attached hydrogen (secondary N) is 1. The quantitative estimate of drug-likeness (QED) is 0.578. The van der Waals surface area contributed by atoms with E-state index >= 15 is 0 Å². The SMILES string of the molecule is CN=C(C)CC(N)=Nc1ncc2c(n1)C(C(=NC)c1ccccc1Cl)C(=N)CC2. The number of amidine groups is 1. The highest BCUT2D eigenvalue weighted by Gasteiger charge is 2.32. The lowest BCUT2D eigenvalue weighted by molar-refractivity contribution is 0.849. The number of aliphatic imine (C=N–C) groups is 3. The largest absolute Gasteiger partial charge is 0.387 e. The third-order valence-electron chi connectivity index (χ3n) is 4.90. The van der Waals surface area contributed by atoms with E-state index in [-0.39, 0.29) is 11.9 Å². The molecule has 8 heteroatoms. The van der Waals surface area contributed by atoms with Gasteiger partial charge in [-0.1, -0.05) is 29.8 Å². The third kappa shape index (κ3) is 4.56. The number of hydrogen-bond acceptors (Lipinski definition) is 6. The van der Waals surface area contributed by atoms with Crippen molar-refractivity contribution < 1.29 is 0 Å². The van der Waals surface area contributed by atoms with E-state index in [1.165, 1.54) is 0 Å². The van der Waals surface area contributed by atoms with Crippen LogP contribution in [0.3, 0.4) is 0 Å². The molecule has 0 spiro atoms. The van der Waals surface area contributed by atoms with E-state index in [1.807, 2.05) is 31.2 Å². The number of nitrogens with zero attached hydrogens (tertiary/aromatic N) is 5. The van der Waals surface area contributed by atoms with Gasteiger partial charge in [-0.2, -0.15) is 4.99 Å². The van der Waals surface area contributed by atoms with E-state index in [1.54, 1.807) is 20.3 Å². The standard InChI is InChI=1S/C21H24ClN7/c1-12(25-2)10-17(24)28-21-27-11-13-8-9-16(23)18(19(13)29-21)20(26-3)14-6-4-5-7-15(14)22/h4-7,11,18,23H,8-10H2,1-3H3,(H2,24,27,28,29). The molecule has 1 aromatic heterocycles. The van der Waals surface area contributed by atoms with Crippen LogP contribution >= 0.6 is 11.6 Å². The minimum Gasteiger partial charge on any atom is -0.387 e. The highest BCUT2D eigenvalue weighted by atomic mass is 35.5. The van der Waals surface area contributed by atoms with E-state index < -0.39 is 0 Å². The normalized spacial score (nSPS) is 18.0. The lowest BCUT2D eigenvalue weighted by Gasteiger charge is -2.27. The second-order valence-electron chi connectivity index (χ2n) is 6.87.